The van der Waals surface area contributed by atoms with E-state index >= 15 is 0 Å². The van der Waals surface area contributed by atoms with Gasteiger partial charge in [0, 0.05) is 25.1 Å². The number of hydrogen-bond acceptors (Lipinski definition) is 5. The molecule has 154 valence electrons. The van der Waals surface area contributed by atoms with E-state index in [9.17, 15) is 14.8 Å². The molecule has 2 rings (SSSR count). The maximum Gasteiger partial charge on any atom is 0.300 e. The third kappa shape index (κ3) is 8.75. The van der Waals surface area contributed by atoms with Crippen LogP contribution in [-0.2, 0) is 22.4 Å². The van der Waals surface area contributed by atoms with Crippen LogP contribution in [0.3, 0.4) is 0 Å². The highest BCUT2D eigenvalue weighted by Crippen LogP contribution is 2.26. The third-order valence-electron chi connectivity index (χ3n) is 3.94. The first-order valence-corrected chi connectivity index (χ1v) is 10.4. The zero-order valence-corrected chi connectivity index (χ0v) is 17.5. The van der Waals surface area contributed by atoms with Gasteiger partial charge < -0.3 is 25.2 Å². The zero-order chi connectivity index (χ0) is 21.3. The van der Waals surface area contributed by atoms with Crippen LogP contribution in [0, 0.1) is 0 Å². The average Bonchev–Trinajstić information content (AvgIpc) is 2.60. The lowest BCUT2D eigenvalue weighted by Gasteiger charge is -2.28. The van der Waals surface area contributed by atoms with Crippen LogP contribution in [0.1, 0.15) is 38.0 Å². The van der Waals surface area contributed by atoms with Crippen molar-refractivity contribution in [1.82, 2.24) is 5.32 Å². The van der Waals surface area contributed by atoms with Crippen LogP contribution in [0.5, 0.6) is 5.75 Å². The summed E-state index contributed by atoms with van der Waals surface area (Å²) in [5.41, 5.74) is 1.70. The summed E-state index contributed by atoms with van der Waals surface area (Å²) < 4.78 is 11.6. The number of nitrogens with one attached hydrogen (secondary N) is 1. The van der Waals surface area contributed by atoms with Crippen LogP contribution < -0.4 is 5.32 Å². The Hall–Kier alpha value is -2.06. The van der Waals surface area contributed by atoms with Crippen LogP contribution >= 0.6 is 0 Å². The van der Waals surface area contributed by atoms with Crippen molar-refractivity contribution in [2.24, 2.45) is 0 Å². The summed E-state index contributed by atoms with van der Waals surface area (Å²) >= 11 is -1.30. The van der Waals surface area contributed by atoms with E-state index in [1.54, 1.807) is 12.1 Å². The van der Waals surface area contributed by atoms with E-state index in [4.69, 9.17) is 9.90 Å². The minimum atomic E-state index is -1.30. The van der Waals surface area contributed by atoms with E-state index in [1.807, 2.05) is 18.2 Å². The predicted octanol–water partition coefficient (Wildman–Crippen LogP) is 2.86. The highest BCUT2D eigenvalue weighted by molar-refractivity contribution is 7.90. The summed E-state index contributed by atoms with van der Waals surface area (Å²) in [6.07, 6.45) is 1.62. The number of aliphatic carboxylic acids is 1. The first-order chi connectivity index (χ1) is 13.0. The van der Waals surface area contributed by atoms with E-state index in [-0.39, 0.29) is 11.3 Å². The maximum absolute atomic E-state index is 11.6. The molecule has 0 saturated carbocycles. The number of carboxylic acids is 1. The largest absolute Gasteiger partial charge is 0.612 e. The van der Waals surface area contributed by atoms with Crippen molar-refractivity contribution in [2.45, 2.75) is 43.7 Å². The molecule has 2 aromatic carbocycles. The molecule has 0 saturated heterocycles. The van der Waals surface area contributed by atoms with Gasteiger partial charge in [0.15, 0.2) is 10.6 Å². The molecule has 7 heteroatoms. The first-order valence-electron chi connectivity index (χ1n) is 8.84. The second-order valence-corrected chi connectivity index (χ2v) is 8.49. The van der Waals surface area contributed by atoms with Crippen molar-refractivity contribution in [2.75, 3.05) is 12.8 Å². The van der Waals surface area contributed by atoms with E-state index in [0.717, 1.165) is 13.3 Å². The number of carbonyl (C=O) groups is 1. The molecule has 0 amide bonds. The first kappa shape index (κ1) is 24.0. The highest BCUT2D eigenvalue weighted by atomic mass is 32.2. The Morgan fingerprint density at radius 2 is 1.79 bits per heavy atom. The van der Waals surface area contributed by atoms with Crippen LogP contribution in [0.2, 0.25) is 0 Å². The van der Waals surface area contributed by atoms with Crippen molar-refractivity contribution in [3.8, 4) is 5.75 Å². The molecular weight excluding hydrogens is 378 g/mol. The van der Waals surface area contributed by atoms with Gasteiger partial charge in [-0.1, -0.05) is 36.4 Å². The molecule has 0 aliphatic heterocycles. The van der Waals surface area contributed by atoms with Crippen LogP contribution in [-0.4, -0.2) is 44.2 Å². The summed E-state index contributed by atoms with van der Waals surface area (Å²) in [6.45, 7) is 5.65. The van der Waals surface area contributed by atoms with Gasteiger partial charge in [-0.2, -0.15) is 0 Å². The summed E-state index contributed by atoms with van der Waals surface area (Å²) in [4.78, 5) is 9.34. The Labute approximate surface area is 169 Å². The quantitative estimate of drug-likeness (QED) is 0.525. The minimum absolute atomic E-state index is 0.0100. The smallest absolute Gasteiger partial charge is 0.300 e. The molecule has 4 N–H and O–H groups in total. The third-order valence-corrected chi connectivity index (χ3v) is 4.89. The second-order valence-electron chi connectivity index (χ2n) is 7.14. The van der Waals surface area contributed by atoms with Crippen LogP contribution in [0.4, 0.5) is 0 Å². The number of carboxylic acid groups (broad SMARTS) is 1. The summed E-state index contributed by atoms with van der Waals surface area (Å²) in [7, 11) is 0. The fourth-order valence-corrected chi connectivity index (χ4v) is 3.29. The summed E-state index contributed by atoms with van der Waals surface area (Å²) in [5, 5.41) is 30.9. The predicted molar refractivity (Wildman–Crippen MR) is 111 cm³/mol. The Morgan fingerprint density at radius 3 is 2.32 bits per heavy atom. The number of hydrogen-bond donors (Lipinski definition) is 4. The van der Waals surface area contributed by atoms with Crippen LogP contribution in [0.25, 0.3) is 0 Å². The molecule has 0 heterocycles. The molecule has 0 radical (unpaired) electrons. The SMILES string of the molecule is CC(=O)O.C[S+]([O-])c1cc(C(O)CNC(C)(C)Cc2ccccc2)ccc1O. The van der Waals surface area contributed by atoms with Gasteiger partial charge >= 0.3 is 0 Å². The zero-order valence-electron chi connectivity index (χ0n) is 16.7. The van der Waals surface area contributed by atoms with Gasteiger partial charge in [-0.3, -0.25) is 4.79 Å². The molecule has 2 atom stereocenters. The Bertz CT molecular complexity index is 746. The normalized spacial score (nSPS) is 13.2. The van der Waals surface area contributed by atoms with E-state index in [2.05, 4.69) is 31.3 Å². The number of benzene rings is 2. The lowest BCUT2D eigenvalue weighted by Crippen LogP contribution is -2.43. The molecule has 0 spiro atoms. The lowest BCUT2D eigenvalue weighted by atomic mass is 9.94. The highest BCUT2D eigenvalue weighted by Gasteiger charge is 2.21. The van der Waals surface area contributed by atoms with Crippen LogP contribution in [0.15, 0.2) is 53.4 Å². The number of phenols is 1. The Balaban J connectivity index is 0.000000892. The van der Waals surface area contributed by atoms with Gasteiger partial charge in [0.25, 0.3) is 5.97 Å². The number of aliphatic hydroxyl groups excluding tert-OH is 1. The van der Waals surface area contributed by atoms with Crippen molar-refractivity contribution in [1.29, 1.82) is 0 Å². The number of β-amino-alcohol motifs (C(OH)–C–C–N with tert-alkyl or cyclic N) is 1. The standard InChI is InChI=1S/C19H25NO3S.C2H4O2/c1-19(2,12-14-7-5-4-6-8-14)20-13-17(22)15-9-10-16(21)18(11-15)24(3)23;1-2(3)4/h4-11,17,20-22H,12-13H2,1-3H3;1H3,(H,3,4). The fourth-order valence-electron chi connectivity index (χ4n) is 2.63. The number of rotatable bonds is 7. The number of aromatic hydroxyl groups is 1. The van der Waals surface area contributed by atoms with Crippen molar-refractivity contribution >= 4 is 17.1 Å². The van der Waals surface area contributed by atoms with Crippen molar-refractivity contribution in [3.05, 3.63) is 59.7 Å². The summed E-state index contributed by atoms with van der Waals surface area (Å²) in [6, 6.07) is 14.9. The van der Waals surface area contributed by atoms with Gasteiger partial charge in [-0.25, -0.2) is 0 Å². The Kier molecular flexibility index (Phi) is 9.48. The molecule has 0 bridgehead atoms. The van der Waals surface area contributed by atoms with E-state index in [1.165, 1.54) is 17.9 Å². The molecule has 0 aliphatic carbocycles. The Morgan fingerprint density at radius 1 is 1.21 bits per heavy atom. The average molecular weight is 408 g/mol. The lowest BCUT2D eigenvalue weighted by molar-refractivity contribution is -0.134. The van der Waals surface area contributed by atoms with Crippen molar-refractivity contribution < 1.29 is 24.7 Å². The van der Waals surface area contributed by atoms with Gasteiger partial charge in [0.1, 0.15) is 6.26 Å². The van der Waals surface area contributed by atoms with Crippen molar-refractivity contribution in [3.63, 3.8) is 0 Å². The molecule has 28 heavy (non-hydrogen) atoms. The topological polar surface area (TPSA) is 113 Å². The van der Waals surface area contributed by atoms with Gasteiger partial charge in [-0.05, 0) is 48.6 Å². The van der Waals surface area contributed by atoms with E-state index in [0.29, 0.717) is 17.0 Å². The van der Waals surface area contributed by atoms with Gasteiger partial charge in [0.2, 0.25) is 0 Å². The molecule has 0 aromatic heterocycles. The fraction of sp³-hybridized carbons (Fsp3) is 0.381. The minimum Gasteiger partial charge on any atom is -0.612 e. The molecule has 2 aromatic rings. The number of aliphatic hydroxyl groups is 1. The van der Waals surface area contributed by atoms with Gasteiger partial charge in [0.05, 0.1) is 6.10 Å². The molecule has 2 unspecified atom stereocenters. The molecule has 6 nitrogen and oxygen atoms in total. The number of phenolic OH excluding ortho intramolecular Hbond substituents is 1. The monoisotopic (exact) mass is 407 g/mol. The molecule has 0 fully saturated rings. The molecular formula is C21H29NO5S. The van der Waals surface area contributed by atoms with Gasteiger partial charge in [-0.15, -0.1) is 0 Å². The summed E-state index contributed by atoms with van der Waals surface area (Å²) in [5.74, 6) is -0.843. The molecule has 0 aliphatic rings. The second kappa shape index (κ2) is 11.1. The van der Waals surface area contributed by atoms with E-state index < -0.39 is 23.2 Å². The maximum atomic E-state index is 11.6.